The van der Waals surface area contributed by atoms with Gasteiger partial charge >= 0.3 is 0 Å². The fourth-order valence-electron chi connectivity index (χ4n) is 4.76. The normalized spacial score (nSPS) is 11.3. The van der Waals surface area contributed by atoms with Crippen molar-refractivity contribution in [1.82, 2.24) is 9.55 Å². The van der Waals surface area contributed by atoms with Gasteiger partial charge in [-0.1, -0.05) is 113 Å². The van der Waals surface area contributed by atoms with Gasteiger partial charge in [0.1, 0.15) is 11.6 Å². The first kappa shape index (κ1) is 24.8. The number of aromatic hydroxyl groups is 1. The van der Waals surface area contributed by atoms with Crippen LogP contribution in [0, 0.1) is 0 Å². The third-order valence-corrected chi connectivity index (χ3v) is 7.63. The van der Waals surface area contributed by atoms with Crippen molar-refractivity contribution in [1.29, 1.82) is 0 Å². The second-order valence-corrected chi connectivity index (χ2v) is 10.9. The van der Waals surface area contributed by atoms with Crippen LogP contribution in [0.1, 0.15) is 32.6 Å². The lowest BCUT2D eigenvalue weighted by Gasteiger charge is -2.15. The average molecular weight is 604 g/mol. The lowest BCUT2D eigenvalue weighted by molar-refractivity contribution is 0.477. The number of nitrogens with zero attached hydrogens (tertiary/aromatic N) is 2. The van der Waals surface area contributed by atoms with Crippen molar-refractivity contribution in [3.05, 3.63) is 93.9 Å². The number of hydrogen-bond acceptors (Lipinski definition) is 2. The highest BCUT2D eigenvalue weighted by atomic mass is 79.9. The summed E-state index contributed by atoms with van der Waals surface area (Å²) in [6, 6.07) is 28.7. The number of halogens is 2. The summed E-state index contributed by atoms with van der Waals surface area (Å²) in [5, 5.41) is 13.2. The molecule has 182 valence electrons. The van der Waals surface area contributed by atoms with Crippen LogP contribution in [0.2, 0.25) is 0 Å². The van der Waals surface area contributed by atoms with Crippen LogP contribution in [0.5, 0.6) is 5.75 Å². The van der Waals surface area contributed by atoms with Gasteiger partial charge < -0.3 is 9.67 Å². The van der Waals surface area contributed by atoms with Gasteiger partial charge in [0.25, 0.3) is 0 Å². The summed E-state index contributed by atoms with van der Waals surface area (Å²) in [6.45, 7) is 3.06. The summed E-state index contributed by atoms with van der Waals surface area (Å²) in [4.78, 5) is 5.26. The Kier molecular flexibility index (Phi) is 7.59. The van der Waals surface area contributed by atoms with Crippen molar-refractivity contribution in [3.8, 4) is 39.7 Å². The second-order valence-electron chi connectivity index (χ2n) is 9.04. The number of rotatable bonds is 8. The molecule has 5 rings (SSSR count). The molecule has 1 N–H and O–H groups in total. The summed E-state index contributed by atoms with van der Waals surface area (Å²) in [5.41, 5.74) is 4.92. The molecule has 0 fully saturated rings. The Labute approximate surface area is 229 Å². The van der Waals surface area contributed by atoms with Crippen molar-refractivity contribution < 1.29 is 5.11 Å². The Hall–Kier alpha value is -2.89. The van der Waals surface area contributed by atoms with Crippen molar-refractivity contribution in [2.75, 3.05) is 0 Å². The van der Waals surface area contributed by atoms with Crippen LogP contribution in [-0.2, 0) is 6.54 Å². The van der Waals surface area contributed by atoms with Gasteiger partial charge in [-0.15, -0.1) is 0 Å². The first-order chi connectivity index (χ1) is 17.6. The third kappa shape index (κ3) is 5.00. The smallest absolute Gasteiger partial charge is 0.145 e. The fraction of sp³-hybridized carbons (Fsp3) is 0.194. The van der Waals surface area contributed by atoms with E-state index in [9.17, 15) is 5.11 Å². The average Bonchev–Trinajstić information content (AvgIpc) is 3.26. The Morgan fingerprint density at radius 3 is 2.11 bits per heavy atom. The highest BCUT2D eigenvalue weighted by Crippen LogP contribution is 2.42. The molecule has 0 atom stereocenters. The van der Waals surface area contributed by atoms with Crippen LogP contribution < -0.4 is 0 Å². The van der Waals surface area contributed by atoms with Crippen LogP contribution >= 0.6 is 31.9 Å². The predicted octanol–water partition coefficient (Wildman–Crippen LogP) is 9.85. The molecule has 1 aromatic heterocycles. The molecule has 0 radical (unpaired) electrons. The minimum atomic E-state index is 0.248. The maximum Gasteiger partial charge on any atom is 0.145 e. The van der Waals surface area contributed by atoms with E-state index in [0.29, 0.717) is 0 Å². The van der Waals surface area contributed by atoms with Crippen molar-refractivity contribution in [2.45, 2.75) is 39.2 Å². The molecule has 4 aromatic carbocycles. The SMILES string of the molecule is CCCCCCn1c(-c2c(O)ccc3ccccc23)nc(-c2ccc(Br)cc2)c1-c1ccc(Br)cc1. The zero-order valence-corrected chi connectivity index (χ0v) is 23.4. The molecular weight excluding hydrogens is 576 g/mol. The monoisotopic (exact) mass is 602 g/mol. The number of phenols is 1. The van der Waals surface area contributed by atoms with Crippen LogP contribution in [0.4, 0.5) is 0 Å². The van der Waals surface area contributed by atoms with Gasteiger partial charge in [0.05, 0.1) is 17.0 Å². The molecule has 5 heteroatoms. The van der Waals surface area contributed by atoms with E-state index in [1.165, 1.54) is 12.8 Å². The molecule has 36 heavy (non-hydrogen) atoms. The quantitative estimate of drug-likeness (QED) is 0.179. The Morgan fingerprint density at radius 2 is 1.42 bits per heavy atom. The molecule has 0 unspecified atom stereocenters. The lowest BCUT2D eigenvalue weighted by atomic mass is 10.0. The largest absolute Gasteiger partial charge is 0.507 e. The van der Waals surface area contributed by atoms with E-state index in [-0.39, 0.29) is 5.75 Å². The maximum atomic E-state index is 11.1. The Morgan fingerprint density at radius 1 is 0.750 bits per heavy atom. The standard InChI is InChI=1S/C31H28Br2N2O/c1-2-3-4-7-20-35-30(23-12-17-25(33)18-13-23)29(22-10-15-24(32)16-11-22)34-31(35)28-26-9-6-5-8-21(26)14-19-27(28)36/h5-6,8-19,36H,2-4,7,20H2,1H3. The van der Waals surface area contributed by atoms with Gasteiger partial charge in [0.15, 0.2) is 0 Å². The minimum Gasteiger partial charge on any atom is -0.507 e. The number of fused-ring (bicyclic) bond motifs is 1. The number of hydrogen-bond donors (Lipinski definition) is 1. The first-order valence-electron chi connectivity index (χ1n) is 12.4. The minimum absolute atomic E-state index is 0.248. The summed E-state index contributed by atoms with van der Waals surface area (Å²) in [5.74, 6) is 1.05. The summed E-state index contributed by atoms with van der Waals surface area (Å²) < 4.78 is 4.39. The number of benzene rings is 4. The van der Waals surface area contributed by atoms with Gasteiger partial charge in [-0.25, -0.2) is 4.98 Å². The third-order valence-electron chi connectivity index (χ3n) is 6.57. The second kappa shape index (κ2) is 11.0. The van der Waals surface area contributed by atoms with Crippen LogP contribution in [0.3, 0.4) is 0 Å². The summed E-state index contributed by atoms with van der Waals surface area (Å²) in [7, 11) is 0. The zero-order chi connectivity index (χ0) is 25.1. The van der Waals surface area contributed by atoms with Gasteiger partial charge in [-0.2, -0.15) is 0 Å². The van der Waals surface area contributed by atoms with Crippen LogP contribution in [-0.4, -0.2) is 14.7 Å². The van der Waals surface area contributed by atoms with Crippen molar-refractivity contribution in [3.63, 3.8) is 0 Å². The first-order valence-corrected chi connectivity index (χ1v) is 14.0. The molecule has 0 bridgehead atoms. The van der Waals surface area contributed by atoms with Crippen molar-refractivity contribution in [2.24, 2.45) is 0 Å². The highest BCUT2D eigenvalue weighted by molar-refractivity contribution is 9.10. The van der Waals surface area contributed by atoms with Gasteiger partial charge in [0, 0.05) is 26.6 Å². The zero-order valence-electron chi connectivity index (χ0n) is 20.2. The van der Waals surface area contributed by atoms with Gasteiger partial charge in [-0.3, -0.25) is 0 Å². The molecule has 1 heterocycles. The van der Waals surface area contributed by atoms with E-state index >= 15 is 0 Å². The molecule has 5 aromatic rings. The van der Waals surface area contributed by atoms with Crippen LogP contribution in [0.25, 0.3) is 44.7 Å². The fourth-order valence-corrected chi connectivity index (χ4v) is 5.29. The van der Waals surface area contributed by atoms with E-state index in [4.69, 9.17) is 4.98 Å². The number of phenolic OH excluding ortho intramolecular Hbond substituents is 1. The van der Waals surface area contributed by atoms with E-state index < -0.39 is 0 Å². The van der Waals surface area contributed by atoms with Gasteiger partial charge in [0.2, 0.25) is 0 Å². The van der Waals surface area contributed by atoms with Crippen molar-refractivity contribution >= 4 is 42.6 Å². The molecular formula is C31H28Br2N2O. The van der Waals surface area contributed by atoms with Crippen LogP contribution in [0.15, 0.2) is 93.9 Å². The molecule has 0 spiro atoms. The number of imidazole rings is 1. The lowest BCUT2D eigenvalue weighted by Crippen LogP contribution is -2.04. The van der Waals surface area contributed by atoms with E-state index in [0.717, 1.165) is 73.0 Å². The molecule has 0 amide bonds. The van der Waals surface area contributed by atoms with E-state index in [2.05, 4.69) is 104 Å². The summed E-state index contributed by atoms with van der Waals surface area (Å²) in [6.07, 6.45) is 4.59. The maximum absolute atomic E-state index is 11.1. The predicted molar refractivity (Wildman–Crippen MR) is 157 cm³/mol. The number of unbranched alkanes of at least 4 members (excludes halogenated alkanes) is 3. The molecule has 0 aliphatic heterocycles. The Balaban J connectivity index is 1.81. The topological polar surface area (TPSA) is 38.0 Å². The number of aromatic nitrogens is 2. The van der Waals surface area contributed by atoms with Gasteiger partial charge in [-0.05, 0) is 47.5 Å². The van der Waals surface area contributed by atoms with E-state index in [1.807, 2.05) is 18.2 Å². The summed E-state index contributed by atoms with van der Waals surface area (Å²) >= 11 is 7.15. The molecule has 0 saturated heterocycles. The molecule has 0 saturated carbocycles. The molecule has 0 aliphatic rings. The molecule has 0 aliphatic carbocycles. The van der Waals surface area contributed by atoms with E-state index in [1.54, 1.807) is 6.07 Å². The highest BCUT2D eigenvalue weighted by Gasteiger charge is 2.24. The molecule has 3 nitrogen and oxygen atoms in total. The Bertz CT molecular complexity index is 1490.